The Labute approximate surface area is 156 Å². The maximum atomic E-state index is 10.2. The van der Waals surface area contributed by atoms with Crippen LogP contribution in [0.5, 0.6) is 11.5 Å². The number of guanidine groups is 1. The number of rotatable bonds is 7. The third-order valence-electron chi connectivity index (χ3n) is 4.24. The SMILES string of the molecule is CCNC(=NCc1cccc(OC)c1O)NCC(C)c1cccc(C)c1. The van der Waals surface area contributed by atoms with E-state index in [-0.39, 0.29) is 5.75 Å². The Hall–Kier alpha value is -2.69. The minimum atomic E-state index is 0.141. The molecule has 1 atom stereocenters. The third-order valence-corrected chi connectivity index (χ3v) is 4.24. The first kappa shape index (κ1) is 19.6. The number of aliphatic imine (C=N–C) groups is 1. The topological polar surface area (TPSA) is 65.9 Å². The molecule has 0 fully saturated rings. The lowest BCUT2D eigenvalue weighted by molar-refractivity contribution is 0.370. The van der Waals surface area contributed by atoms with Crippen LogP contribution in [-0.2, 0) is 6.54 Å². The van der Waals surface area contributed by atoms with Crippen LogP contribution in [0, 0.1) is 6.92 Å². The van der Waals surface area contributed by atoms with E-state index in [1.807, 2.05) is 19.1 Å². The van der Waals surface area contributed by atoms with Crippen molar-refractivity contribution in [3.63, 3.8) is 0 Å². The Morgan fingerprint density at radius 2 is 1.96 bits per heavy atom. The molecule has 0 aliphatic rings. The molecule has 0 aromatic heterocycles. The van der Waals surface area contributed by atoms with E-state index in [9.17, 15) is 5.11 Å². The van der Waals surface area contributed by atoms with Gasteiger partial charge < -0.3 is 20.5 Å². The van der Waals surface area contributed by atoms with Crippen LogP contribution in [0.4, 0.5) is 0 Å². The van der Waals surface area contributed by atoms with Gasteiger partial charge in [0, 0.05) is 18.7 Å². The summed E-state index contributed by atoms with van der Waals surface area (Å²) in [4.78, 5) is 4.58. The third kappa shape index (κ3) is 5.41. The summed E-state index contributed by atoms with van der Waals surface area (Å²) in [7, 11) is 1.54. The quantitative estimate of drug-likeness (QED) is 0.525. The summed E-state index contributed by atoms with van der Waals surface area (Å²) in [5.74, 6) is 1.70. The lowest BCUT2D eigenvalue weighted by atomic mass is 9.99. The fraction of sp³-hybridized carbons (Fsp3) is 0.381. The lowest BCUT2D eigenvalue weighted by Crippen LogP contribution is -2.39. The van der Waals surface area contributed by atoms with Crippen LogP contribution in [-0.4, -0.2) is 31.3 Å². The Kier molecular flexibility index (Phi) is 7.33. The highest BCUT2D eigenvalue weighted by Crippen LogP contribution is 2.29. The molecule has 1 unspecified atom stereocenters. The number of ether oxygens (including phenoxy) is 1. The zero-order valence-electron chi connectivity index (χ0n) is 16.0. The molecule has 0 heterocycles. The maximum absolute atomic E-state index is 10.2. The second-order valence-electron chi connectivity index (χ2n) is 6.36. The van der Waals surface area contributed by atoms with E-state index in [1.165, 1.54) is 11.1 Å². The van der Waals surface area contributed by atoms with E-state index in [1.54, 1.807) is 13.2 Å². The molecule has 0 bridgehead atoms. The van der Waals surface area contributed by atoms with Crippen molar-refractivity contribution in [1.29, 1.82) is 0 Å². The van der Waals surface area contributed by atoms with Crippen molar-refractivity contribution in [3.05, 3.63) is 59.2 Å². The Balaban J connectivity index is 2.02. The number of hydrogen-bond acceptors (Lipinski definition) is 3. The van der Waals surface area contributed by atoms with Gasteiger partial charge in [0.2, 0.25) is 0 Å². The van der Waals surface area contributed by atoms with Gasteiger partial charge in [-0.25, -0.2) is 4.99 Å². The molecule has 140 valence electrons. The van der Waals surface area contributed by atoms with Crippen molar-refractivity contribution >= 4 is 5.96 Å². The van der Waals surface area contributed by atoms with E-state index >= 15 is 0 Å². The summed E-state index contributed by atoms with van der Waals surface area (Å²) in [6.45, 7) is 8.25. The number of methoxy groups -OCH3 is 1. The van der Waals surface area contributed by atoms with Gasteiger partial charge in [-0.3, -0.25) is 0 Å². The van der Waals surface area contributed by atoms with Crippen LogP contribution in [0.3, 0.4) is 0 Å². The molecule has 0 aliphatic carbocycles. The normalized spacial score (nSPS) is 12.5. The number of aryl methyl sites for hydroxylation is 1. The van der Waals surface area contributed by atoms with E-state index in [4.69, 9.17) is 4.74 Å². The molecule has 2 aromatic carbocycles. The Morgan fingerprint density at radius 3 is 2.65 bits per heavy atom. The fourth-order valence-electron chi connectivity index (χ4n) is 2.71. The van der Waals surface area contributed by atoms with Crippen molar-refractivity contribution in [2.24, 2.45) is 4.99 Å². The molecule has 2 rings (SSSR count). The van der Waals surface area contributed by atoms with Crippen LogP contribution < -0.4 is 15.4 Å². The van der Waals surface area contributed by atoms with Crippen LogP contribution in [0.2, 0.25) is 0 Å². The largest absolute Gasteiger partial charge is 0.504 e. The second-order valence-corrected chi connectivity index (χ2v) is 6.36. The molecule has 3 N–H and O–H groups in total. The maximum Gasteiger partial charge on any atom is 0.191 e. The van der Waals surface area contributed by atoms with Gasteiger partial charge >= 0.3 is 0 Å². The van der Waals surface area contributed by atoms with Gasteiger partial charge in [-0.15, -0.1) is 0 Å². The standard InChI is InChI=1S/C21H29N3O2/c1-5-22-21(23-13-16(3)17-9-6-8-15(2)12-17)24-14-18-10-7-11-19(26-4)20(18)25/h6-12,16,25H,5,13-14H2,1-4H3,(H2,22,23,24). The minimum absolute atomic E-state index is 0.141. The van der Waals surface area contributed by atoms with Crippen molar-refractivity contribution in [2.75, 3.05) is 20.2 Å². The van der Waals surface area contributed by atoms with Crippen molar-refractivity contribution in [2.45, 2.75) is 33.2 Å². The predicted molar refractivity (Wildman–Crippen MR) is 107 cm³/mol. The molecule has 0 spiro atoms. The zero-order valence-corrected chi connectivity index (χ0v) is 16.0. The van der Waals surface area contributed by atoms with Gasteiger partial charge in [0.1, 0.15) is 0 Å². The van der Waals surface area contributed by atoms with Gasteiger partial charge in [-0.05, 0) is 31.4 Å². The molecule has 5 heteroatoms. The first-order valence-electron chi connectivity index (χ1n) is 8.98. The minimum Gasteiger partial charge on any atom is -0.504 e. The summed E-state index contributed by atoms with van der Waals surface area (Å²) in [5, 5.41) is 16.8. The van der Waals surface area contributed by atoms with Crippen LogP contribution in [0.15, 0.2) is 47.5 Å². The molecule has 26 heavy (non-hydrogen) atoms. The molecular weight excluding hydrogens is 326 g/mol. The number of aromatic hydroxyl groups is 1. The number of para-hydroxylation sites is 1. The summed E-state index contributed by atoms with van der Waals surface area (Å²) in [6, 6.07) is 14.0. The number of hydrogen-bond donors (Lipinski definition) is 3. The lowest BCUT2D eigenvalue weighted by Gasteiger charge is -2.17. The molecular formula is C21H29N3O2. The second kappa shape index (κ2) is 9.70. The number of benzene rings is 2. The van der Waals surface area contributed by atoms with Crippen LogP contribution >= 0.6 is 0 Å². The fourth-order valence-corrected chi connectivity index (χ4v) is 2.71. The number of phenolic OH excluding ortho intramolecular Hbond substituents is 1. The summed E-state index contributed by atoms with van der Waals surface area (Å²) in [6.07, 6.45) is 0. The van der Waals surface area contributed by atoms with Crippen molar-refractivity contribution in [3.8, 4) is 11.5 Å². The van der Waals surface area contributed by atoms with Crippen LogP contribution in [0.1, 0.15) is 36.5 Å². The molecule has 0 amide bonds. The van der Waals surface area contributed by atoms with Crippen molar-refractivity contribution in [1.82, 2.24) is 10.6 Å². The molecule has 0 saturated carbocycles. The van der Waals surface area contributed by atoms with Gasteiger partial charge in [0.15, 0.2) is 17.5 Å². The van der Waals surface area contributed by atoms with E-state index < -0.39 is 0 Å². The molecule has 0 radical (unpaired) electrons. The van der Waals surface area contributed by atoms with Gasteiger partial charge in [0.05, 0.1) is 13.7 Å². The Bertz CT molecular complexity index is 744. The van der Waals surface area contributed by atoms with Crippen molar-refractivity contribution < 1.29 is 9.84 Å². The smallest absolute Gasteiger partial charge is 0.191 e. The predicted octanol–water partition coefficient (Wildman–Crippen LogP) is 3.57. The average molecular weight is 355 g/mol. The molecule has 0 saturated heterocycles. The van der Waals surface area contributed by atoms with E-state index in [0.29, 0.717) is 18.2 Å². The number of nitrogens with one attached hydrogen (secondary N) is 2. The summed E-state index contributed by atoms with van der Waals surface area (Å²) < 4.78 is 5.15. The average Bonchev–Trinajstić information content (AvgIpc) is 2.64. The van der Waals surface area contributed by atoms with E-state index in [0.717, 1.165) is 24.6 Å². The van der Waals surface area contributed by atoms with Gasteiger partial charge in [-0.2, -0.15) is 0 Å². The highest BCUT2D eigenvalue weighted by atomic mass is 16.5. The first-order chi connectivity index (χ1) is 12.5. The summed E-state index contributed by atoms with van der Waals surface area (Å²) >= 11 is 0. The molecule has 5 nitrogen and oxygen atoms in total. The molecule has 2 aromatic rings. The van der Waals surface area contributed by atoms with Crippen LogP contribution in [0.25, 0.3) is 0 Å². The zero-order chi connectivity index (χ0) is 18.9. The Morgan fingerprint density at radius 1 is 1.19 bits per heavy atom. The number of phenols is 1. The monoisotopic (exact) mass is 355 g/mol. The molecule has 0 aliphatic heterocycles. The number of nitrogens with zero attached hydrogens (tertiary/aromatic N) is 1. The highest BCUT2D eigenvalue weighted by Gasteiger charge is 2.09. The van der Waals surface area contributed by atoms with E-state index in [2.05, 4.69) is 53.7 Å². The first-order valence-corrected chi connectivity index (χ1v) is 8.98. The summed E-state index contributed by atoms with van der Waals surface area (Å²) in [5.41, 5.74) is 3.30. The highest BCUT2D eigenvalue weighted by molar-refractivity contribution is 5.79. The van der Waals surface area contributed by atoms with Gasteiger partial charge in [0.25, 0.3) is 0 Å². The van der Waals surface area contributed by atoms with Gasteiger partial charge in [-0.1, -0.05) is 48.9 Å².